The van der Waals surface area contributed by atoms with Gasteiger partial charge >= 0.3 is 0 Å². The predicted octanol–water partition coefficient (Wildman–Crippen LogP) is 2.80. The molecule has 2 aromatic heterocycles. The molecular formula is C21H25N5O. The number of rotatable bonds is 4. The minimum Gasteiger partial charge on any atom is -0.338 e. The lowest BCUT2D eigenvalue weighted by atomic mass is 9.99. The van der Waals surface area contributed by atoms with Gasteiger partial charge in [-0.15, -0.1) is 0 Å². The van der Waals surface area contributed by atoms with E-state index in [1.807, 2.05) is 27.5 Å². The first-order valence-electron chi connectivity index (χ1n) is 9.46. The van der Waals surface area contributed by atoms with Crippen molar-refractivity contribution in [1.29, 1.82) is 0 Å². The van der Waals surface area contributed by atoms with E-state index in [-0.39, 0.29) is 5.91 Å². The van der Waals surface area contributed by atoms with Crippen LogP contribution >= 0.6 is 0 Å². The van der Waals surface area contributed by atoms with Crippen molar-refractivity contribution in [3.8, 4) is 11.1 Å². The summed E-state index contributed by atoms with van der Waals surface area (Å²) >= 11 is 0. The van der Waals surface area contributed by atoms with E-state index >= 15 is 0 Å². The van der Waals surface area contributed by atoms with Crippen molar-refractivity contribution in [3.05, 3.63) is 59.2 Å². The predicted molar refractivity (Wildman–Crippen MR) is 104 cm³/mol. The van der Waals surface area contributed by atoms with E-state index in [0.29, 0.717) is 6.54 Å². The van der Waals surface area contributed by atoms with Gasteiger partial charge in [-0.2, -0.15) is 10.2 Å². The van der Waals surface area contributed by atoms with Crippen LogP contribution < -0.4 is 0 Å². The summed E-state index contributed by atoms with van der Waals surface area (Å²) in [5, 5.41) is 9.09. The molecule has 0 atom stereocenters. The van der Waals surface area contributed by atoms with Gasteiger partial charge in [0.05, 0.1) is 11.9 Å². The molecule has 0 bridgehead atoms. The lowest BCUT2D eigenvalue weighted by molar-refractivity contribution is -0.129. The molecule has 0 aliphatic carbocycles. The second kappa shape index (κ2) is 7.02. The average molecular weight is 363 g/mol. The molecule has 0 N–H and O–H groups in total. The summed E-state index contributed by atoms with van der Waals surface area (Å²) in [7, 11) is 2.00. The highest BCUT2D eigenvalue weighted by molar-refractivity contribution is 5.73. The molecule has 0 saturated carbocycles. The van der Waals surface area contributed by atoms with Gasteiger partial charge in [-0.1, -0.05) is 24.3 Å². The number of benzene rings is 1. The van der Waals surface area contributed by atoms with Crippen LogP contribution in [0.15, 0.2) is 36.7 Å². The fourth-order valence-corrected chi connectivity index (χ4v) is 3.77. The molecule has 1 aliphatic rings. The van der Waals surface area contributed by atoms with Gasteiger partial charge in [-0.25, -0.2) is 0 Å². The van der Waals surface area contributed by atoms with Crippen LogP contribution in [0.25, 0.3) is 11.1 Å². The molecule has 0 fully saturated rings. The minimum absolute atomic E-state index is 0.132. The van der Waals surface area contributed by atoms with E-state index in [0.717, 1.165) is 37.2 Å². The standard InChI is InChI=1S/C21H25N5O/c1-4-26-13-18(12-22-26)17-7-5-16(6-8-17)11-20-19-14-25(15(2)27)10-9-21(19)24(3)23-20/h5-8,12-13H,4,9-11,14H2,1-3H3. The fourth-order valence-electron chi connectivity index (χ4n) is 3.77. The second-order valence-electron chi connectivity index (χ2n) is 7.14. The maximum absolute atomic E-state index is 11.8. The Morgan fingerprint density at radius 3 is 2.63 bits per heavy atom. The first-order chi connectivity index (χ1) is 13.0. The molecule has 1 aromatic carbocycles. The van der Waals surface area contributed by atoms with Crippen molar-refractivity contribution < 1.29 is 4.79 Å². The summed E-state index contributed by atoms with van der Waals surface area (Å²) in [6.07, 6.45) is 5.63. The zero-order valence-electron chi connectivity index (χ0n) is 16.1. The number of amides is 1. The first-order valence-corrected chi connectivity index (χ1v) is 9.46. The number of hydrogen-bond acceptors (Lipinski definition) is 3. The summed E-state index contributed by atoms with van der Waals surface area (Å²) in [5.41, 5.74) is 7.07. The number of nitrogens with zero attached hydrogens (tertiary/aromatic N) is 5. The van der Waals surface area contributed by atoms with Gasteiger partial charge in [0.25, 0.3) is 0 Å². The SMILES string of the molecule is CCn1cc(-c2ccc(Cc3nn(C)c4c3CN(C(C)=O)CC4)cc2)cn1. The average Bonchev–Trinajstić information content (AvgIpc) is 3.27. The Labute approximate surface area is 159 Å². The highest BCUT2D eigenvalue weighted by Crippen LogP contribution is 2.25. The largest absolute Gasteiger partial charge is 0.338 e. The highest BCUT2D eigenvalue weighted by Gasteiger charge is 2.25. The van der Waals surface area contributed by atoms with Crippen molar-refractivity contribution in [2.45, 2.75) is 39.8 Å². The Morgan fingerprint density at radius 1 is 1.19 bits per heavy atom. The number of fused-ring (bicyclic) bond motifs is 1. The minimum atomic E-state index is 0.132. The fraction of sp³-hybridized carbons (Fsp3) is 0.381. The molecule has 6 heteroatoms. The Bertz CT molecular complexity index is 967. The van der Waals surface area contributed by atoms with Crippen molar-refractivity contribution in [1.82, 2.24) is 24.5 Å². The van der Waals surface area contributed by atoms with Gasteiger partial charge in [0, 0.05) is 69.5 Å². The maximum atomic E-state index is 11.8. The van der Waals surface area contributed by atoms with Crippen molar-refractivity contribution in [2.75, 3.05) is 6.54 Å². The molecule has 3 heterocycles. The summed E-state index contributed by atoms with van der Waals surface area (Å²) in [4.78, 5) is 13.7. The van der Waals surface area contributed by atoms with Crippen LogP contribution in [0.4, 0.5) is 0 Å². The van der Waals surface area contributed by atoms with E-state index < -0.39 is 0 Å². The van der Waals surface area contributed by atoms with Crippen LogP contribution in [0.2, 0.25) is 0 Å². The zero-order chi connectivity index (χ0) is 19.0. The summed E-state index contributed by atoms with van der Waals surface area (Å²) < 4.78 is 3.92. The number of hydrogen-bond donors (Lipinski definition) is 0. The highest BCUT2D eigenvalue weighted by atomic mass is 16.2. The number of carbonyl (C=O) groups is 1. The third-order valence-electron chi connectivity index (χ3n) is 5.39. The Balaban J connectivity index is 1.55. The summed E-state index contributed by atoms with van der Waals surface area (Å²) in [6.45, 7) is 6.05. The van der Waals surface area contributed by atoms with Crippen molar-refractivity contribution >= 4 is 5.91 Å². The van der Waals surface area contributed by atoms with Crippen LogP contribution in [-0.4, -0.2) is 36.9 Å². The topological polar surface area (TPSA) is 56.0 Å². The lowest BCUT2D eigenvalue weighted by Gasteiger charge is -2.26. The van der Waals surface area contributed by atoms with Crippen molar-refractivity contribution in [2.24, 2.45) is 7.05 Å². The lowest BCUT2D eigenvalue weighted by Crippen LogP contribution is -2.34. The molecule has 4 rings (SSSR count). The molecule has 1 amide bonds. The van der Waals surface area contributed by atoms with Crippen LogP contribution in [0.1, 0.15) is 36.4 Å². The van der Waals surface area contributed by atoms with Gasteiger partial charge in [-0.3, -0.25) is 14.2 Å². The quantitative estimate of drug-likeness (QED) is 0.716. The summed E-state index contributed by atoms with van der Waals surface area (Å²) in [5.74, 6) is 0.132. The van der Waals surface area contributed by atoms with Crippen LogP contribution in [0.3, 0.4) is 0 Å². The monoisotopic (exact) mass is 363 g/mol. The molecule has 0 unspecified atom stereocenters. The Morgan fingerprint density at radius 2 is 1.96 bits per heavy atom. The number of aromatic nitrogens is 4. The van der Waals surface area contributed by atoms with E-state index in [1.165, 1.54) is 22.4 Å². The third kappa shape index (κ3) is 3.39. The molecule has 0 spiro atoms. The second-order valence-corrected chi connectivity index (χ2v) is 7.14. The Hall–Kier alpha value is -2.89. The van der Waals surface area contributed by atoms with Crippen molar-refractivity contribution in [3.63, 3.8) is 0 Å². The number of carbonyl (C=O) groups excluding carboxylic acids is 1. The first kappa shape index (κ1) is 17.5. The van der Waals surface area contributed by atoms with Gasteiger partial charge in [0.1, 0.15) is 0 Å². The molecule has 0 radical (unpaired) electrons. The van der Waals surface area contributed by atoms with Gasteiger partial charge in [0.2, 0.25) is 5.91 Å². The van der Waals surface area contributed by atoms with Crippen LogP contribution in [-0.2, 0) is 37.8 Å². The Kier molecular flexibility index (Phi) is 4.56. The molecule has 27 heavy (non-hydrogen) atoms. The third-order valence-corrected chi connectivity index (χ3v) is 5.39. The normalized spacial score (nSPS) is 13.7. The van der Waals surface area contributed by atoms with Gasteiger partial charge < -0.3 is 4.90 Å². The molecular weight excluding hydrogens is 338 g/mol. The van der Waals surface area contributed by atoms with Crippen LogP contribution in [0.5, 0.6) is 0 Å². The number of aryl methyl sites for hydroxylation is 2. The van der Waals surface area contributed by atoms with E-state index in [2.05, 4.69) is 42.5 Å². The molecule has 3 aromatic rings. The smallest absolute Gasteiger partial charge is 0.219 e. The summed E-state index contributed by atoms with van der Waals surface area (Å²) in [6, 6.07) is 8.60. The van der Waals surface area contributed by atoms with E-state index in [4.69, 9.17) is 5.10 Å². The van der Waals surface area contributed by atoms with Gasteiger partial charge in [-0.05, 0) is 18.1 Å². The zero-order valence-corrected chi connectivity index (χ0v) is 16.1. The van der Waals surface area contributed by atoms with E-state index in [1.54, 1.807) is 6.92 Å². The maximum Gasteiger partial charge on any atom is 0.219 e. The molecule has 1 aliphatic heterocycles. The van der Waals surface area contributed by atoms with Crippen LogP contribution in [0, 0.1) is 0 Å². The molecule has 140 valence electrons. The molecule has 6 nitrogen and oxygen atoms in total. The van der Waals surface area contributed by atoms with Gasteiger partial charge in [0.15, 0.2) is 0 Å². The molecule has 0 saturated heterocycles. The van der Waals surface area contributed by atoms with E-state index in [9.17, 15) is 4.79 Å².